The summed E-state index contributed by atoms with van der Waals surface area (Å²) in [6.07, 6.45) is 2.67. The molecule has 1 amide bonds. The molecule has 0 heterocycles. The Hall–Kier alpha value is -0.320. The molecule has 5 heteroatoms. The molecule has 4 nitrogen and oxygen atoms in total. The molecule has 1 aliphatic rings. The van der Waals surface area contributed by atoms with Crippen molar-refractivity contribution >= 4 is 17.5 Å². The van der Waals surface area contributed by atoms with E-state index in [4.69, 9.17) is 11.6 Å². The first kappa shape index (κ1) is 12.7. The SMILES string of the molecule is CNC1CCC1NC.NC(=O)CCl. The van der Waals surface area contributed by atoms with E-state index in [1.807, 2.05) is 14.1 Å². The van der Waals surface area contributed by atoms with Gasteiger partial charge in [0.25, 0.3) is 0 Å². The second kappa shape index (κ2) is 7.12. The van der Waals surface area contributed by atoms with Gasteiger partial charge in [-0.2, -0.15) is 0 Å². The number of alkyl halides is 1. The molecular weight excluding hydrogens is 190 g/mol. The summed E-state index contributed by atoms with van der Waals surface area (Å²) < 4.78 is 0. The van der Waals surface area contributed by atoms with Crippen LogP contribution in [0.1, 0.15) is 12.8 Å². The number of primary amides is 1. The van der Waals surface area contributed by atoms with Crippen LogP contribution < -0.4 is 16.4 Å². The number of carbonyl (C=O) groups is 1. The highest BCUT2D eigenvalue weighted by molar-refractivity contribution is 6.27. The first-order valence-electron chi connectivity index (χ1n) is 4.34. The predicted octanol–water partition coefficient (Wildman–Crippen LogP) is -0.333. The van der Waals surface area contributed by atoms with E-state index in [9.17, 15) is 4.79 Å². The van der Waals surface area contributed by atoms with Crippen molar-refractivity contribution in [2.75, 3.05) is 20.0 Å². The highest BCUT2D eigenvalue weighted by Gasteiger charge is 2.26. The predicted molar refractivity (Wildman–Crippen MR) is 54.8 cm³/mol. The Bertz CT molecular complexity index is 140. The highest BCUT2D eigenvalue weighted by atomic mass is 35.5. The topological polar surface area (TPSA) is 67.2 Å². The number of likely N-dealkylation sites (N-methyl/N-ethyl adjacent to an activating group) is 2. The van der Waals surface area contributed by atoms with Gasteiger partial charge in [-0.05, 0) is 26.9 Å². The molecule has 0 saturated heterocycles. The van der Waals surface area contributed by atoms with Crippen molar-refractivity contribution in [1.82, 2.24) is 10.6 Å². The summed E-state index contributed by atoms with van der Waals surface area (Å²) in [6.45, 7) is 0. The highest BCUT2D eigenvalue weighted by Crippen LogP contribution is 2.18. The number of nitrogens with one attached hydrogen (secondary N) is 2. The van der Waals surface area contributed by atoms with Gasteiger partial charge < -0.3 is 16.4 Å². The number of halogens is 1. The molecule has 2 atom stereocenters. The fourth-order valence-corrected chi connectivity index (χ4v) is 1.19. The third-order valence-electron chi connectivity index (χ3n) is 2.15. The van der Waals surface area contributed by atoms with Crippen LogP contribution in [0.25, 0.3) is 0 Å². The molecule has 1 rings (SSSR count). The largest absolute Gasteiger partial charge is 0.369 e. The Labute approximate surface area is 84.2 Å². The zero-order chi connectivity index (χ0) is 10.3. The second-order valence-electron chi connectivity index (χ2n) is 2.97. The van der Waals surface area contributed by atoms with Crippen LogP contribution in [0.15, 0.2) is 0 Å². The van der Waals surface area contributed by atoms with Crippen molar-refractivity contribution < 1.29 is 4.79 Å². The van der Waals surface area contributed by atoms with Crippen molar-refractivity contribution in [2.45, 2.75) is 24.9 Å². The van der Waals surface area contributed by atoms with E-state index < -0.39 is 5.91 Å². The molecular formula is C8H18ClN3O. The number of nitrogens with two attached hydrogens (primary N) is 1. The Kier molecular flexibility index (Phi) is 6.94. The number of hydrogen-bond acceptors (Lipinski definition) is 3. The second-order valence-corrected chi connectivity index (χ2v) is 3.23. The van der Waals surface area contributed by atoms with E-state index in [0.717, 1.165) is 12.1 Å². The zero-order valence-electron chi connectivity index (χ0n) is 8.14. The summed E-state index contributed by atoms with van der Waals surface area (Å²) in [7, 11) is 4.04. The maximum atomic E-state index is 9.46. The summed E-state index contributed by atoms with van der Waals surface area (Å²) >= 11 is 4.86. The summed E-state index contributed by atoms with van der Waals surface area (Å²) in [5.41, 5.74) is 4.52. The lowest BCUT2D eigenvalue weighted by Gasteiger charge is -2.35. The molecule has 0 bridgehead atoms. The maximum Gasteiger partial charge on any atom is 0.232 e. The van der Waals surface area contributed by atoms with Crippen LogP contribution in [0.3, 0.4) is 0 Å². The third kappa shape index (κ3) is 5.08. The Morgan fingerprint density at radius 2 is 1.69 bits per heavy atom. The number of amides is 1. The Balaban J connectivity index is 0.000000252. The van der Waals surface area contributed by atoms with Gasteiger partial charge in [-0.3, -0.25) is 4.79 Å². The minimum Gasteiger partial charge on any atom is -0.369 e. The first-order valence-corrected chi connectivity index (χ1v) is 4.88. The van der Waals surface area contributed by atoms with E-state index in [1.165, 1.54) is 12.8 Å². The zero-order valence-corrected chi connectivity index (χ0v) is 8.90. The van der Waals surface area contributed by atoms with Gasteiger partial charge in [0, 0.05) is 12.1 Å². The fourth-order valence-electron chi connectivity index (χ4n) is 1.19. The van der Waals surface area contributed by atoms with Gasteiger partial charge in [-0.15, -0.1) is 11.6 Å². The van der Waals surface area contributed by atoms with Crippen LogP contribution in [-0.2, 0) is 4.79 Å². The summed E-state index contributed by atoms with van der Waals surface area (Å²) in [6, 6.07) is 1.47. The van der Waals surface area contributed by atoms with Crippen LogP contribution in [0.5, 0.6) is 0 Å². The van der Waals surface area contributed by atoms with Gasteiger partial charge in [0.05, 0.1) is 0 Å². The lowest BCUT2D eigenvalue weighted by molar-refractivity contribution is -0.115. The maximum absolute atomic E-state index is 9.46. The van der Waals surface area contributed by atoms with Crippen LogP contribution in [0.4, 0.5) is 0 Å². The van der Waals surface area contributed by atoms with Crippen molar-refractivity contribution in [3.8, 4) is 0 Å². The van der Waals surface area contributed by atoms with Crippen LogP contribution in [0.2, 0.25) is 0 Å². The van der Waals surface area contributed by atoms with E-state index in [1.54, 1.807) is 0 Å². The Morgan fingerprint density at radius 1 is 1.38 bits per heavy atom. The molecule has 0 aliphatic heterocycles. The van der Waals surface area contributed by atoms with E-state index in [2.05, 4.69) is 16.4 Å². The molecule has 0 radical (unpaired) electrons. The van der Waals surface area contributed by atoms with Crippen molar-refractivity contribution in [1.29, 1.82) is 0 Å². The summed E-state index contributed by atoms with van der Waals surface area (Å²) in [5.74, 6) is -0.563. The number of rotatable bonds is 3. The number of carbonyl (C=O) groups excluding carboxylic acids is 1. The molecule has 2 unspecified atom stereocenters. The lowest BCUT2D eigenvalue weighted by atomic mass is 9.87. The van der Waals surface area contributed by atoms with E-state index in [-0.39, 0.29) is 5.88 Å². The van der Waals surface area contributed by atoms with Gasteiger partial charge in [0.1, 0.15) is 5.88 Å². The summed E-state index contributed by atoms with van der Waals surface area (Å²) in [4.78, 5) is 9.46. The van der Waals surface area contributed by atoms with Gasteiger partial charge in [0.15, 0.2) is 0 Å². The van der Waals surface area contributed by atoms with Crippen LogP contribution in [-0.4, -0.2) is 38.0 Å². The third-order valence-corrected chi connectivity index (χ3v) is 2.41. The van der Waals surface area contributed by atoms with Crippen molar-refractivity contribution in [2.24, 2.45) is 5.73 Å². The first-order chi connectivity index (χ1) is 6.15. The molecule has 1 aliphatic carbocycles. The molecule has 1 saturated carbocycles. The van der Waals surface area contributed by atoms with Gasteiger partial charge in [0.2, 0.25) is 5.91 Å². The van der Waals surface area contributed by atoms with Crippen LogP contribution in [0, 0.1) is 0 Å². The number of hydrogen-bond donors (Lipinski definition) is 3. The van der Waals surface area contributed by atoms with Crippen LogP contribution >= 0.6 is 11.6 Å². The molecule has 0 aromatic heterocycles. The molecule has 4 N–H and O–H groups in total. The smallest absolute Gasteiger partial charge is 0.232 e. The average Bonchev–Trinajstić information content (AvgIpc) is 2.05. The molecule has 78 valence electrons. The monoisotopic (exact) mass is 207 g/mol. The van der Waals surface area contributed by atoms with E-state index >= 15 is 0 Å². The molecule has 13 heavy (non-hydrogen) atoms. The van der Waals surface area contributed by atoms with Crippen molar-refractivity contribution in [3.05, 3.63) is 0 Å². The average molecular weight is 208 g/mol. The minimum atomic E-state index is -0.480. The van der Waals surface area contributed by atoms with Crippen molar-refractivity contribution in [3.63, 3.8) is 0 Å². The minimum absolute atomic E-state index is 0.0833. The molecule has 0 aromatic rings. The summed E-state index contributed by atoms with van der Waals surface area (Å²) in [5, 5.41) is 6.48. The molecule has 0 spiro atoms. The quantitative estimate of drug-likeness (QED) is 0.555. The van der Waals surface area contributed by atoms with Gasteiger partial charge in [-0.25, -0.2) is 0 Å². The normalized spacial score (nSPS) is 25.5. The van der Waals surface area contributed by atoms with Gasteiger partial charge in [-0.1, -0.05) is 0 Å². The lowest BCUT2D eigenvalue weighted by Crippen LogP contribution is -2.52. The standard InChI is InChI=1S/C6H14N2.C2H4ClNO/c1-7-5-3-4-6(5)8-2;3-1-2(4)5/h5-8H,3-4H2,1-2H3;1H2,(H2,4,5). The van der Waals surface area contributed by atoms with E-state index in [0.29, 0.717) is 0 Å². The molecule has 0 aromatic carbocycles. The fraction of sp³-hybridized carbons (Fsp3) is 0.875. The molecule has 1 fully saturated rings. The van der Waals surface area contributed by atoms with Gasteiger partial charge >= 0.3 is 0 Å². The Morgan fingerprint density at radius 3 is 1.77 bits per heavy atom.